The Hall–Kier alpha value is -1.61. The lowest BCUT2D eigenvalue weighted by Crippen LogP contribution is -2.31. The van der Waals surface area contributed by atoms with Crippen LogP contribution in [-0.4, -0.2) is 10.6 Å². The Morgan fingerprint density at radius 3 is 3.00 bits per heavy atom. The van der Waals surface area contributed by atoms with Gasteiger partial charge in [0.25, 0.3) is 5.56 Å². The fourth-order valence-corrected chi connectivity index (χ4v) is 2.86. The van der Waals surface area contributed by atoms with Gasteiger partial charge in [0.05, 0.1) is 5.52 Å². The van der Waals surface area contributed by atoms with Gasteiger partial charge in [-0.05, 0) is 29.9 Å². The molecule has 0 radical (unpaired) electrons. The summed E-state index contributed by atoms with van der Waals surface area (Å²) in [5.41, 5.74) is 3.50. The summed E-state index contributed by atoms with van der Waals surface area (Å²) in [5, 5.41) is 4.53. The Labute approximate surface area is 113 Å². The fourth-order valence-electron chi connectivity index (χ4n) is 2.86. The van der Waals surface area contributed by atoms with Gasteiger partial charge in [-0.1, -0.05) is 32.0 Å². The number of hydrogen-bond donors (Lipinski definition) is 1. The number of aromatic nitrogens is 1. The van der Waals surface area contributed by atoms with Gasteiger partial charge in [0.1, 0.15) is 0 Å². The van der Waals surface area contributed by atoms with Gasteiger partial charge in [-0.15, -0.1) is 0 Å². The number of aryl methyl sites for hydroxylation is 2. The molecule has 0 atom stereocenters. The van der Waals surface area contributed by atoms with Crippen LogP contribution < -0.4 is 10.9 Å². The average molecular weight is 256 g/mol. The van der Waals surface area contributed by atoms with Gasteiger partial charge in [-0.25, -0.2) is 0 Å². The zero-order valence-corrected chi connectivity index (χ0v) is 11.6. The average Bonchev–Trinajstić information content (AvgIpc) is 2.41. The van der Waals surface area contributed by atoms with Gasteiger partial charge in [0.2, 0.25) is 0 Å². The van der Waals surface area contributed by atoms with Crippen molar-refractivity contribution in [3.63, 3.8) is 0 Å². The van der Waals surface area contributed by atoms with Gasteiger partial charge in [0.15, 0.2) is 0 Å². The molecule has 100 valence electrons. The zero-order chi connectivity index (χ0) is 13.4. The molecule has 1 aromatic heterocycles. The van der Waals surface area contributed by atoms with Gasteiger partial charge in [0, 0.05) is 24.7 Å². The quantitative estimate of drug-likeness (QED) is 0.915. The van der Waals surface area contributed by atoms with Crippen molar-refractivity contribution < 1.29 is 0 Å². The first-order chi connectivity index (χ1) is 9.16. The lowest BCUT2D eigenvalue weighted by molar-refractivity contribution is 0.571. The summed E-state index contributed by atoms with van der Waals surface area (Å²) in [6, 6.07) is 8.79. The van der Waals surface area contributed by atoms with Crippen molar-refractivity contribution in [2.75, 3.05) is 0 Å². The maximum Gasteiger partial charge on any atom is 0.255 e. The Morgan fingerprint density at radius 2 is 2.21 bits per heavy atom. The van der Waals surface area contributed by atoms with Crippen LogP contribution in [-0.2, 0) is 19.5 Å². The standard InChI is InChI=1S/C16H20N2O/c1-11(2)17-10-14-9-13-6-3-5-12-7-4-8-18(15(12)13)16(14)19/h3,5-6,9,11,17H,4,7-8,10H2,1-2H3. The topological polar surface area (TPSA) is 34.0 Å². The molecule has 0 spiro atoms. The number of rotatable bonds is 3. The lowest BCUT2D eigenvalue weighted by atomic mass is 10.00. The van der Waals surface area contributed by atoms with Crippen LogP contribution in [0.15, 0.2) is 29.1 Å². The van der Waals surface area contributed by atoms with Crippen molar-refractivity contribution >= 4 is 10.9 Å². The molecule has 1 aromatic carbocycles. The second-order valence-corrected chi connectivity index (χ2v) is 5.62. The minimum absolute atomic E-state index is 0.174. The Morgan fingerprint density at radius 1 is 1.37 bits per heavy atom. The molecular formula is C16H20N2O. The van der Waals surface area contributed by atoms with E-state index in [4.69, 9.17) is 0 Å². The summed E-state index contributed by atoms with van der Waals surface area (Å²) < 4.78 is 1.96. The van der Waals surface area contributed by atoms with E-state index in [9.17, 15) is 4.79 Å². The highest BCUT2D eigenvalue weighted by molar-refractivity contribution is 5.83. The second-order valence-electron chi connectivity index (χ2n) is 5.62. The molecule has 1 aliphatic heterocycles. The number of para-hydroxylation sites is 1. The molecule has 19 heavy (non-hydrogen) atoms. The summed E-state index contributed by atoms with van der Waals surface area (Å²) in [7, 11) is 0. The molecule has 0 amide bonds. The number of pyridine rings is 1. The predicted octanol–water partition coefficient (Wildman–Crippen LogP) is 2.45. The third kappa shape index (κ3) is 2.19. The molecule has 1 aliphatic rings. The smallest absolute Gasteiger partial charge is 0.255 e. The number of nitrogens with one attached hydrogen (secondary N) is 1. The minimum atomic E-state index is 0.174. The first kappa shape index (κ1) is 12.4. The Balaban J connectivity index is 2.16. The van der Waals surface area contributed by atoms with E-state index in [1.54, 1.807) is 0 Å². The molecule has 3 nitrogen and oxygen atoms in total. The maximum absolute atomic E-state index is 12.5. The fraction of sp³-hybridized carbons (Fsp3) is 0.438. The molecule has 0 bridgehead atoms. The van der Waals surface area contributed by atoms with E-state index in [1.807, 2.05) is 4.57 Å². The second kappa shape index (κ2) is 4.82. The van der Waals surface area contributed by atoms with Gasteiger partial charge < -0.3 is 9.88 Å². The molecule has 0 aliphatic carbocycles. The summed E-state index contributed by atoms with van der Waals surface area (Å²) in [6.07, 6.45) is 2.15. The molecule has 0 fully saturated rings. The number of hydrogen-bond acceptors (Lipinski definition) is 2. The van der Waals surface area contributed by atoms with Crippen LogP contribution in [0.2, 0.25) is 0 Å². The predicted molar refractivity (Wildman–Crippen MR) is 78.5 cm³/mol. The number of nitrogens with zero attached hydrogens (tertiary/aromatic N) is 1. The highest BCUT2D eigenvalue weighted by atomic mass is 16.1. The molecule has 0 saturated heterocycles. The van der Waals surface area contributed by atoms with Gasteiger partial charge >= 0.3 is 0 Å². The first-order valence-electron chi connectivity index (χ1n) is 7.04. The summed E-state index contributed by atoms with van der Waals surface area (Å²) >= 11 is 0. The summed E-state index contributed by atoms with van der Waals surface area (Å²) in [5.74, 6) is 0. The van der Waals surface area contributed by atoms with E-state index in [-0.39, 0.29) is 5.56 Å². The normalized spacial score (nSPS) is 14.3. The van der Waals surface area contributed by atoms with E-state index < -0.39 is 0 Å². The van der Waals surface area contributed by atoms with E-state index >= 15 is 0 Å². The monoisotopic (exact) mass is 256 g/mol. The van der Waals surface area contributed by atoms with Crippen LogP contribution in [0.1, 0.15) is 31.4 Å². The zero-order valence-electron chi connectivity index (χ0n) is 11.6. The van der Waals surface area contributed by atoms with E-state index in [2.05, 4.69) is 43.4 Å². The summed E-state index contributed by atoms with van der Waals surface area (Å²) in [4.78, 5) is 12.5. The molecule has 1 N–H and O–H groups in total. The molecule has 2 aromatic rings. The molecule has 0 saturated carbocycles. The largest absolute Gasteiger partial charge is 0.310 e. The third-order valence-electron chi connectivity index (χ3n) is 3.80. The van der Waals surface area contributed by atoms with E-state index in [0.29, 0.717) is 12.6 Å². The minimum Gasteiger partial charge on any atom is -0.310 e. The maximum atomic E-state index is 12.5. The summed E-state index contributed by atoms with van der Waals surface area (Å²) in [6.45, 7) is 5.69. The van der Waals surface area contributed by atoms with E-state index in [1.165, 1.54) is 10.9 Å². The highest BCUT2D eigenvalue weighted by Gasteiger charge is 2.15. The van der Waals surface area contributed by atoms with Crippen molar-refractivity contribution in [3.05, 3.63) is 45.7 Å². The SMILES string of the molecule is CC(C)NCc1cc2cccc3c2n(c1=O)CCC3. The van der Waals surface area contributed by atoms with Crippen LogP contribution in [0.3, 0.4) is 0 Å². The van der Waals surface area contributed by atoms with Crippen LogP contribution in [0.4, 0.5) is 0 Å². The molecular weight excluding hydrogens is 236 g/mol. The Bertz CT molecular complexity index is 670. The van der Waals surface area contributed by atoms with Crippen LogP contribution >= 0.6 is 0 Å². The first-order valence-corrected chi connectivity index (χ1v) is 7.04. The molecule has 2 heterocycles. The van der Waals surface area contributed by atoms with Crippen molar-refractivity contribution in [1.82, 2.24) is 9.88 Å². The Kier molecular flexibility index (Phi) is 3.15. The van der Waals surface area contributed by atoms with Gasteiger partial charge in [-0.2, -0.15) is 0 Å². The van der Waals surface area contributed by atoms with Crippen molar-refractivity contribution in [2.24, 2.45) is 0 Å². The van der Waals surface area contributed by atoms with Crippen LogP contribution in [0.5, 0.6) is 0 Å². The molecule has 3 rings (SSSR count). The van der Waals surface area contributed by atoms with Crippen molar-refractivity contribution in [2.45, 2.75) is 45.8 Å². The van der Waals surface area contributed by atoms with Crippen LogP contribution in [0, 0.1) is 0 Å². The van der Waals surface area contributed by atoms with Crippen molar-refractivity contribution in [1.29, 1.82) is 0 Å². The lowest BCUT2D eigenvalue weighted by Gasteiger charge is -2.20. The van der Waals surface area contributed by atoms with Crippen molar-refractivity contribution in [3.8, 4) is 0 Å². The van der Waals surface area contributed by atoms with Gasteiger partial charge in [-0.3, -0.25) is 4.79 Å². The molecule has 0 unspecified atom stereocenters. The highest BCUT2D eigenvalue weighted by Crippen LogP contribution is 2.23. The number of benzene rings is 1. The van der Waals surface area contributed by atoms with Crippen LogP contribution in [0.25, 0.3) is 10.9 Å². The molecule has 3 heteroatoms. The van der Waals surface area contributed by atoms with E-state index in [0.717, 1.165) is 30.5 Å². The third-order valence-corrected chi connectivity index (χ3v) is 3.80.